The number of ether oxygens (including phenoxy) is 1. The van der Waals surface area contributed by atoms with Gasteiger partial charge >= 0.3 is 0 Å². The average molecular weight is 408 g/mol. The Bertz CT molecular complexity index is 872. The quantitative estimate of drug-likeness (QED) is 0.795. The molecule has 2 fully saturated rings. The van der Waals surface area contributed by atoms with Gasteiger partial charge in [0.05, 0.1) is 6.10 Å². The summed E-state index contributed by atoms with van der Waals surface area (Å²) in [5.41, 5.74) is 2.09. The van der Waals surface area contributed by atoms with Crippen molar-refractivity contribution in [2.24, 2.45) is 5.92 Å². The smallest absolute Gasteiger partial charge is 0.253 e. The molecule has 2 heterocycles. The minimum Gasteiger partial charge on any atom is -0.388 e. The lowest BCUT2D eigenvalue weighted by Crippen LogP contribution is -2.39. The maximum absolute atomic E-state index is 13.0. The summed E-state index contributed by atoms with van der Waals surface area (Å²) in [6.45, 7) is 1.84. The number of piperidine rings is 1. The molecule has 30 heavy (non-hydrogen) atoms. The van der Waals surface area contributed by atoms with Crippen LogP contribution in [0.3, 0.4) is 0 Å². The molecule has 0 bridgehead atoms. The lowest BCUT2D eigenvalue weighted by atomic mass is 9.87. The zero-order valence-corrected chi connectivity index (χ0v) is 17.0. The zero-order valence-electron chi connectivity index (χ0n) is 17.0. The lowest BCUT2D eigenvalue weighted by Gasteiger charge is -2.34. The predicted molar refractivity (Wildman–Crippen MR) is 114 cm³/mol. The molecule has 0 spiro atoms. The van der Waals surface area contributed by atoms with Crippen LogP contribution in [0.1, 0.15) is 47.7 Å². The van der Waals surface area contributed by atoms with Crippen molar-refractivity contribution < 1.29 is 19.4 Å². The number of aliphatic hydroxyl groups excluding tert-OH is 1. The Balaban J connectivity index is 1.34. The van der Waals surface area contributed by atoms with Crippen LogP contribution in [0, 0.1) is 5.92 Å². The van der Waals surface area contributed by atoms with E-state index < -0.39 is 12.2 Å². The van der Waals surface area contributed by atoms with Crippen LogP contribution in [-0.2, 0) is 9.53 Å². The van der Waals surface area contributed by atoms with E-state index in [9.17, 15) is 14.7 Å². The maximum Gasteiger partial charge on any atom is 0.253 e. The van der Waals surface area contributed by atoms with Crippen LogP contribution >= 0.6 is 0 Å². The van der Waals surface area contributed by atoms with E-state index in [1.54, 1.807) is 24.3 Å². The summed E-state index contributed by atoms with van der Waals surface area (Å²) < 4.78 is 5.41. The fraction of sp³-hybridized carbons (Fsp3) is 0.417. The second-order valence-electron chi connectivity index (χ2n) is 8.06. The largest absolute Gasteiger partial charge is 0.388 e. The van der Waals surface area contributed by atoms with Crippen LogP contribution in [0.5, 0.6) is 0 Å². The van der Waals surface area contributed by atoms with Gasteiger partial charge in [0, 0.05) is 30.9 Å². The number of aliphatic hydroxyl groups is 1. The molecule has 2 aromatic carbocycles. The average Bonchev–Trinajstić information content (AvgIpc) is 3.34. The molecular weight excluding hydrogens is 380 g/mol. The van der Waals surface area contributed by atoms with E-state index in [1.807, 2.05) is 35.2 Å². The first-order valence-electron chi connectivity index (χ1n) is 10.7. The van der Waals surface area contributed by atoms with Gasteiger partial charge in [-0.25, -0.2) is 0 Å². The highest BCUT2D eigenvalue weighted by Crippen LogP contribution is 2.31. The van der Waals surface area contributed by atoms with Crippen LogP contribution in [0.25, 0.3) is 0 Å². The maximum atomic E-state index is 13.0. The summed E-state index contributed by atoms with van der Waals surface area (Å²) in [6.07, 6.45) is 2.24. The SMILES string of the molecule is O=C(Nc1cccc(C(=O)N2CCC(C(O)c3ccccc3)CC2)c1)C1CCCO1. The molecule has 2 aliphatic heterocycles. The first-order chi connectivity index (χ1) is 14.6. The standard InChI is InChI=1S/C24H28N2O4/c27-22(17-6-2-1-3-7-17)18-11-13-26(14-12-18)24(29)19-8-4-9-20(16-19)25-23(28)21-10-5-15-30-21/h1-4,6-9,16,18,21-22,27H,5,10-15H2,(H,25,28). The van der Waals surface area contributed by atoms with Crippen LogP contribution in [0.15, 0.2) is 54.6 Å². The minimum atomic E-state index is -0.500. The van der Waals surface area contributed by atoms with Gasteiger partial charge in [0.25, 0.3) is 11.8 Å². The van der Waals surface area contributed by atoms with E-state index in [4.69, 9.17) is 4.74 Å². The zero-order chi connectivity index (χ0) is 20.9. The minimum absolute atomic E-state index is 0.0455. The Hall–Kier alpha value is -2.70. The van der Waals surface area contributed by atoms with Gasteiger partial charge in [-0.3, -0.25) is 9.59 Å². The fourth-order valence-electron chi connectivity index (χ4n) is 4.26. The Morgan fingerprint density at radius 3 is 2.50 bits per heavy atom. The highest BCUT2D eigenvalue weighted by atomic mass is 16.5. The van der Waals surface area contributed by atoms with Crippen molar-refractivity contribution in [2.75, 3.05) is 25.0 Å². The van der Waals surface area contributed by atoms with Crippen molar-refractivity contribution in [1.29, 1.82) is 0 Å². The van der Waals surface area contributed by atoms with Gasteiger partial charge in [0.2, 0.25) is 0 Å². The second kappa shape index (κ2) is 9.41. The molecule has 2 aromatic rings. The summed E-state index contributed by atoms with van der Waals surface area (Å²) in [5, 5.41) is 13.5. The number of amides is 2. The molecule has 6 heteroatoms. The highest BCUT2D eigenvalue weighted by Gasteiger charge is 2.29. The summed E-state index contributed by atoms with van der Waals surface area (Å²) in [5.74, 6) is -0.0582. The number of anilines is 1. The van der Waals surface area contributed by atoms with E-state index >= 15 is 0 Å². The van der Waals surface area contributed by atoms with Gasteiger partial charge < -0.3 is 20.1 Å². The Morgan fingerprint density at radius 2 is 1.80 bits per heavy atom. The first-order valence-corrected chi connectivity index (χ1v) is 10.7. The predicted octanol–water partition coefficient (Wildman–Crippen LogP) is 3.39. The van der Waals surface area contributed by atoms with Gasteiger partial charge in [0.1, 0.15) is 6.10 Å². The Morgan fingerprint density at radius 1 is 1.03 bits per heavy atom. The molecule has 158 valence electrons. The number of benzene rings is 2. The summed E-state index contributed by atoms with van der Waals surface area (Å²) >= 11 is 0. The third-order valence-electron chi connectivity index (χ3n) is 6.01. The molecular formula is C24H28N2O4. The molecule has 2 unspecified atom stereocenters. The lowest BCUT2D eigenvalue weighted by molar-refractivity contribution is -0.124. The molecule has 4 rings (SSSR count). The molecule has 2 amide bonds. The number of carbonyl (C=O) groups excluding carboxylic acids is 2. The van der Waals surface area contributed by atoms with Gasteiger partial charge in [-0.15, -0.1) is 0 Å². The fourth-order valence-corrected chi connectivity index (χ4v) is 4.26. The third-order valence-corrected chi connectivity index (χ3v) is 6.01. The number of hydrogen-bond donors (Lipinski definition) is 2. The topological polar surface area (TPSA) is 78.9 Å². The summed E-state index contributed by atoms with van der Waals surface area (Å²) in [6, 6.07) is 16.8. The second-order valence-corrected chi connectivity index (χ2v) is 8.06. The molecule has 6 nitrogen and oxygen atoms in total. The number of likely N-dealkylation sites (tertiary alicyclic amines) is 1. The third kappa shape index (κ3) is 4.71. The molecule has 2 N–H and O–H groups in total. The van der Waals surface area contributed by atoms with E-state index in [1.165, 1.54) is 0 Å². The molecule has 0 radical (unpaired) electrons. The van der Waals surface area contributed by atoms with Gasteiger partial charge in [0.15, 0.2) is 0 Å². The van der Waals surface area contributed by atoms with Gasteiger partial charge in [-0.1, -0.05) is 36.4 Å². The number of rotatable bonds is 5. The number of hydrogen-bond acceptors (Lipinski definition) is 4. The van der Waals surface area contributed by atoms with Crippen molar-refractivity contribution in [3.63, 3.8) is 0 Å². The van der Waals surface area contributed by atoms with E-state index in [0.29, 0.717) is 30.9 Å². The van der Waals surface area contributed by atoms with Crippen molar-refractivity contribution >= 4 is 17.5 Å². The van der Waals surface area contributed by atoms with Gasteiger partial charge in [-0.05, 0) is 55.4 Å². The number of nitrogens with one attached hydrogen (secondary N) is 1. The highest BCUT2D eigenvalue weighted by molar-refractivity contribution is 5.98. The normalized spacial score (nSPS) is 20.7. The Kier molecular flexibility index (Phi) is 6.45. The number of nitrogens with zero attached hydrogens (tertiary/aromatic N) is 1. The van der Waals surface area contributed by atoms with Crippen LogP contribution in [0.2, 0.25) is 0 Å². The van der Waals surface area contributed by atoms with E-state index in [0.717, 1.165) is 31.2 Å². The first kappa shape index (κ1) is 20.6. The van der Waals surface area contributed by atoms with Crippen LogP contribution in [0.4, 0.5) is 5.69 Å². The van der Waals surface area contributed by atoms with E-state index in [-0.39, 0.29) is 17.7 Å². The molecule has 2 atom stereocenters. The van der Waals surface area contributed by atoms with Crippen molar-refractivity contribution in [3.05, 3.63) is 65.7 Å². The van der Waals surface area contributed by atoms with Crippen molar-refractivity contribution in [1.82, 2.24) is 4.90 Å². The summed E-state index contributed by atoms with van der Waals surface area (Å²) in [7, 11) is 0. The van der Waals surface area contributed by atoms with Gasteiger partial charge in [-0.2, -0.15) is 0 Å². The molecule has 0 aromatic heterocycles. The number of carbonyl (C=O) groups is 2. The molecule has 2 aliphatic rings. The van der Waals surface area contributed by atoms with Crippen molar-refractivity contribution in [3.8, 4) is 0 Å². The Labute approximate surface area is 176 Å². The molecule has 0 saturated carbocycles. The van der Waals surface area contributed by atoms with Crippen LogP contribution in [-0.4, -0.2) is 47.6 Å². The van der Waals surface area contributed by atoms with Crippen LogP contribution < -0.4 is 5.32 Å². The summed E-state index contributed by atoms with van der Waals surface area (Å²) in [4.78, 5) is 27.1. The molecule has 2 saturated heterocycles. The van der Waals surface area contributed by atoms with E-state index in [2.05, 4.69) is 5.32 Å². The molecule has 0 aliphatic carbocycles. The van der Waals surface area contributed by atoms with Crippen molar-refractivity contribution in [2.45, 2.75) is 37.9 Å². The monoisotopic (exact) mass is 408 g/mol.